The summed E-state index contributed by atoms with van der Waals surface area (Å²) in [6.45, 7) is 2.91. The van der Waals surface area contributed by atoms with Gasteiger partial charge in [0.25, 0.3) is 5.91 Å². The zero-order chi connectivity index (χ0) is 29.1. The van der Waals surface area contributed by atoms with Crippen molar-refractivity contribution in [3.63, 3.8) is 0 Å². The molecule has 0 saturated carbocycles. The normalized spacial score (nSPS) is 20.5. The number of dihydropyridines is 1. The summed E-state index contributed by atoms with van der Waals surface area (Å²) in [4.78, 5) is 34.8. The van der Waals surface area contributed by atoms with Crippen LogP contribution in [0.2, 0.25) is 5.02 Å². The van der Waals surface area contributed by atoms with Gasteiger partial charge in [-0.25, -0.2) is 13.4 Å². The molecule has 2 amide bonds. The number of aromatic nitrogens is 1. The molecular weight excluding hydrogens is 599 g/mol. The first kappa shape index (κ1) is 29.8. The molecule has 13 heteroatoms. The quantitative estimate of drug-likeness (QED) is 0.454. The summed E-state index contributed by atoms with van der Waals surface area (Å²) >= 11 is 6.07. The highest BCUT2D eigenvalue weighted by molar-refractivity contribution is 7.89. The van der Waals surface area contributed by atoms with Crippen molar-refractivity contribution in [3.05, 3.63) is 88.5 Å². The minimum absolute atomic E-state index is 0. The molecule has 3 aliphatic heterocycles. The number of benzene rings is 2. The number of sulfonamides is 1. The first-order valence-electron chi connectivity index (χ1n) is 13.2. The monoisotopic (exact) mass is 628 g/mol. The fourth-order valence-corrected chi connectivity index (χ4v) is 7.75. The lowest BCUT2D eigenvalue weighted by atomic mass is 9.98. The number of carbonyl (C=O) groups excluding carboxylic acids is 2. The SMILES string of the molecule is CC1C(C(N)=O)N(C(=O)c2ccc3c(n2)C2=C(NCC=C2)N(C)C3)CCN1S(=O)(=O)c1ccc2cc(Cl)ccc2c1.Cl. The number of fused-ring (bicyclic) bond motifs is 3. The number of carbonyl (C=O) groups is 2. The second-order valence-electron chi connectivity index (χ2n) is 10.5. The van der Waals surface area contributed by atoms with Crippen LogP contribution in [-0.2, 0) is 21.4 Å². The molecule has 4 heterocycles. The van der Waals surface area contributed by atoms with E-state index < -0.39 is 33.9 Å². The minimum atomic E-state index is -4.01. The van der Waals surface area contributed by atoms with Gasteiger partial charge in [0.05, 0.1) is 16.6 Å². The van der Waals surface area contributed by atoms with E-state index in [4.69, 9.17) is 22.3 Å². The van der Waals surface area contributed by atoms with Crippen LogP contribution in [0.25, 0.3) is 16.3 Å². The van der Waals surface area contributed by atoms with Crippen LogP contribution >= 0.6 is 24.0 Å². The standard InChI is InChI=1S/C29H29ClN6O4S.ClH/c1-17-26(27(31)37)35(12-13-36(17)41(39,40)22-9-6-18-14-21(30)8-5-19(18)15-22)29(38)24-10-7-20-16-34(2)28-23(25(20)33-24)4-3-11-32-28;/h3-10,14-15,17,26,32H,11-13,16H2,1-2H3,(H2,31,37);1H. The van der Waals surface area contributed by atoms with Gasteiger partial charge in [-0.05, 0) is 53.6 Å². The Kier molecular flexibility index (Phi) is 7.97. The molecule has 3 aliphatic rings. The Morgan fingerprint density at radius 3 is 2.57 bits per heavy atom. The highest BCUT2D eigenvalue weighted by Crippen LogP contribution is 2.32. The summed E-state index contributed by atoms with van der Waals surface area (Å²) in [6.07, 6.45) is 3.98. The van der Waals surface area contributed by atoms with E-state index in [-0.39, 0.29) is 36.1 Å². The number of hydrogen-bond acceptors (Lipinski definition) is 7. The Hall–Kier alpha value is -3.64. The smallest absolute Gasteiger partial charge is 0.273 e. The largest absolute Gasteiger partial charge is 0.368 e. The Bertz CT molecular complexity index is 1780. The number of allylic oxidation sites excluding steroid dienone is 2. The number of hydrogen-bond donors (Lipinski definition) is 2. The van der Waals surface area contributed by atoms with Gasteiger partial charge in [0.1, 0.15) is 17.6 Å². The summed E-state index contributed by atoms with van der Waals surface area (Å²) < 4.78 is 28.8. The van der Waals surface area contributed by atoms with Crippen LogP contribution in [0.1, 0.15) is 28.7 Å². The van der Waals surface area contributed by atoms with Crippen LogP contribution in [0, 0.1) is 0 Å². The summed E-state index contributed by atoms with van der Waals surface area (Å²) in [7, 11) is -2.02. The summed E-state index contributed by atoms with van der Waals surface area (Å²) in [5.41, 5.74) is 8.53. The van der Waals surface area contributed by atoms with E-state index in [1.54, 1.807) is 43.3 Å². The Morgan fingerprint density at radius 1 is 1.07 bits per heavy atom. The van der Waals surface area contributed by atoms with E-state index in [2.05, 4.69) is 10.2 Å². The molecular formula is C29H30Cl2N6O4S. The van der Waals surface area contributed by atoms with Crippen molar-refractivity contribution < 1.29 is 18.0 Å². The van der Waals surface area contributed by atoms with Crippen molar-refractivity contribution in [1.82, 2.24) is 24.4 Å². The molecule has 0 radical (unpaired) electrons. The van der Waals surface area contributed by atoms with Crippen LogP contribution in [0.5, 0.6) is 0 Å². The predicted molar refractivity (Wildman–Crippen MR) is 163 cm³/mol. The molecule has 10 nitrogen and oxygen atoms in total. The van der Waals surface area contributed by atoms with Gasteiger partial charge in [-0.2, -0.15) is 4.31 Å². The number of piperazine rings is 1. The molecule has 2 atom stereocenters. The van der Waals surface area contributed by atoms with Gasteiger partial charge in [0, 0.05) is 43.8 Å². The second kappa shape index (κ2) is 11.2. The molecule has 1 saturated heterocycles. The van der Waals surface area contributed by atoms with Crippen LogP contribution in [0.4, 0.5) is 0 Å². The number of halogens is 2. The van der Waals surface area contributed by atoms with E-state index >= 15 is 0 Å². The topological polar surface area (TPSA) is 129 Å². The molecule has 2 unspecified atom stereocenters. The molecule has 3 aromatic rings. The fourth-order valence-electron chi connectivity index (χ4n) is 5.90. The van der Waals surface area contributed by atoms with Crippen molar-refractivity contribution in [3.8, 4) is 0 Å². The first-order chi connectivity index (χ1) is 19.6. The average Bonchev–Trinajstić information content (AvgIpc) is 2.96. The maximum atomic E-state index is 13.8. The van der Waals surface area contributed by atoms with Crippen molar-refractivity contribution in [2.24, 2.45) is 5.73 Å². The lowest BCUT2D eigenvalue weighted by Gasteiger charge is -2.43. The van der Waals surface area contributed by atoms with Gasteiger partial charge in [0.15, 0.2) is 0 Å². The number of nitrogens with zero attached hydrogens (tertiary/aromatic N) is 4. The molecule has 0 spiro atoms. The minimum Gasteiger partial charge on any atom is -0.368 e. The molecule has 3 N–H and O–H groups in total. The van der Waals surface area contributed by atoms with Crippen molar-refractivity contribution in [1.29, 1.82) is 0 Å². The molecule has 42 heavy (non-hydrogen) atoms. The van der Waals surface area contributed by atoms with Gasteiger partial charge in [0.2, 0.25) is 15.9 Å². The van der Waals surface area contributed by atoms with Gasteiger partial charge in [-0.1, -0.05) is 42.0 Å². The molecule has 6 rings (SSSR count). The van der Waals surface area contributed by atoms with Crippen LogP contribution in [0.15, 0.2) is 71.4 Å². The lowest BCUT2D eigenvalue weighted by Crippen LogP contribution is -2.65. The highest BCUT2D eigenvalue weighted by Gasteiger charge is 2.45. The average molecular weight is 630 g/mol. The van der Waals surface area contributed by atoms with Gasteiger partial charge in [-0.3, -0.25) is 9.59 Å². The van der Waals surface area contributed by atoms with Gasteiger partial charge >= 0.3 is 0 Å². The maximum absolute atomic E-state index is 13.8. The van der Waals surface area contributed by atoms with Crippen molar-refractivity contribution >= 4 is 62.2 Å². The Morgan fingerprint density at radius 2 is 1.81 bits per heavy atom. The number of nitrogens with two attached hydrogens (primary N) is 1. The van der Waals surface area contributed by atoms with Crippen LogP contribution in [-0.4, -0.2) is 78.1 Å². The summed E-state index contributed by atoms with van der Waals surface area (Å²) in [5.74, 6) is -0.323. The zero-order valence-corrected chi connectivity index (χ0v) is 25.3. The number of primary amides is 1. The van der Waals surface area contributed by atoms with E-state index in [1.165, 1.54) is 15.3 Å². The third kappa shape index (κ3) is 5.00. The Labute approximate surface area is 255 Å². The van der Waals surface area contributed by atoms with Crippen LogP contribution in [0.3, 0.4) is 0 Å². The van der Waals surface area contributed by atoms with E-state index in [1.807, 2.05) is 25.3 Å². The molecule has 1 aromatic heterocycles. The van der Waals surface area contributed by atoms with Gasteiger partial charge < -0.3 is 20.9 Å². The van der Waals surface area contributed by atoms with Crippen molar-refractivity contribution in [2.75, 3.05) is 26.7 Å². The molecule has 0 bridgehead atoms. The number of rotatable bonds is 4. The highest BCUT2D eigenvalue weighted by atomic mass is 35.5. The number of pyridine rings is 1. The molecule has 0 aliphatic carbocycles. The fraction of sp³-hybridized carbons (Fsp3) is 0.276. The zero-order valence-electron chi connectivity index (χ0n) is 23.0. The maximum Gasteiger partial charge on any atom is 0.273 e. The third-order valence-corrected chi connectivity index (χ3v) is 10.1. The predicted octanol–water partition coefficient (Wildman–Crippen LogP) is 2.97. The van der Waals surface area contributed by atoms with Crippen molar-refractivity contribution in [2.45, 2.75) is 30.4 Å². The second-order valence-corrected chi connectivity index (χ2v) is 12.8. The number of nitrogens with one attached hydrogen (secondary N) is 1. The number of amides is 2. The summed E-state index contributed by atoms with van der Waals surface area (Å²) in [5, 5.41) is 5.43. The lowest BCUT2D eigenvalue weighted by molar-refractivity contribution is -0.125. The summed E-state index contributed by atoms with van der Waals surface area (Å²) in [6, 6.07) is 11.4. The molecule has 2 aromatic carbocycles. The van der Waals surface area contributed by atoms with Crippen LogP contribution < -0.4 is 11.1 Å². The van der Waals surface area contributed by atoms with Gasteiger partial charge in [-0.15, -0.1) is 12.4 Å². The first-order valence-corrected chi connectivity index (χ1v) is 15.1. The molecule has 220 valence electrons. The third-order valence-electron chi connectivity index (χ3n) is 7.91. The van der Waals surface area contributed by atoms with E-state index in [9.17, 15) is 18.0 Å². The van der Waals surface area contributed by atoms with E-state index in [0.29, 0.717) is 29.2 Å². The molecule has 1 fully saturated rings. The Balaban J connectivity index is 0.00000353. The van der Waals surface area contributed by atoms with E-state index in [0.717, 1.165) is 22.3 Å².